The normalized spacial score (nSPS) is 11.6. The van der Waals surface area contributed by atoms with Crippen LogP contribution in [-0.4, -0.2) is 51.6 Å². The monoisotopic (exact) mass is 458 g/mol. The number of amides is 1. The minimum Gasteiger partial charge on any atom is -0.441 e. The Labute approximate surface area is 197 Å². The second-order valence-electron chi connectivity index (χ2n) is 7.92. The number of nitrogens with one attached hydrogen (secondary N) is 2. The molecule has 1 amide bonds. The minimum absolute atomic E-state index is 0.0733. The second kappa shape index (κ2) is 10.1. The fourth-order valence-corrected chi connectivity index (χ4v) is 3.36. The Balaban J connectivity index is 1.64. The van der Waals surface area contributed by atoms with Crippen LogP contribution in [0.2, 0.25) is 0 Å². The van der Waals surface area contributed by atoms with E-state index < -0.39 is 6.04 Å². The van der Waals surface area contributed by atoms with E-state index in [9.17, 15) is 9.90 Å². The summed E-state index contributed by atoms with van der Waals surface area (Å²) in [5.74, 6) is 1.77. The van der Waals surface area contributed by atoms with E-state index in [1.54, 1.807) is 50.8 Å². The lowest BCUT2D eigenvalue weighted by Crippen LogP contribution is -2.21. The molecule has 0 saturated heterocycles. The number of aliphatic hydroxyl groups excluding tert-OH is 1. The molecule has 9 nitrogen and oxygen atoms in total. The van der Waals surface area contributed by atoms with Crippen molar-refractivity contribution in [3.63, 3.8) is 0 Å². The number of hydrogen-bond acceptors (Lipinski definition) is 8. The molecular weight excluding hydrogens is 432 g/mol. The lowest BCUT2D eigenvalue weighted by molar-refractivity contribution is 0.0827. The average molecular weight is 459 g/mol. The highest BCUT2D eigenvalue weighted by molar-refractivity contribution is 5.94. The van der Waals surface area contributed by atoms with Crippen LogP contribution in [0.4, 0.5) is 17.5 Å². The zero-order valence-electron chi connectivity index (χ0n) is 19.2. The molecule has 2 aromatic carbocycles. The van der Waals surface area contributed by atoms with E-state index in [0.29, 0.717) is 34.5 Å². The Morgan fingerprint density at radius 3 is 2.41 bits per heavy atom. The molecule has 0 aliphatic rings. The number of aromatic nitrogens is 3. The van der Waals surface area contributed by atoms with Crippen LogP contribution in [0.15, 0.2) is 71.4 Å². The molecule has 2 heterocycles. The summed E-state index contributed by atoms with van der Waals surface area (Å²) in [6.45, 7) is 1.67. The molecule has 0 radical (unpaired) electrons. The van der Waals surface area contributed by atoms with E-state index in [1.165, 1.54) is 4.90 Å². The predicted octanol–water partition coefficient (Wildman–Crippen LogP) is 4.03. The van der Waals surface area contributed by atoms with Gasteiger partial charge in [-0.3, -0.25) is 4.79 Å². The standard InChI is InChI=1S/C25H26N6O3/c1-16-13-26-23(34-16)20-14-27-25(28-19-11-9-18(10-12-19)24(33)31(2)3)30-22(20)29-21(15-32)17-7-5-4-6-8-17/h4-14,21,32H,15H2,1-3H3,(H2,27,28,29,30)/t21-/m1/s1. The van der Waals surface area contributed by atoms with Gasteiger partial charge in [0.1, 0.15) is 11.6 Å². The number of carbonyl (C=O) groups excluding carboxylic acids is 1. The number of aliphatic hydroxyl groups is 1. The lowest BCUT2D eigenvalue weighted by Gasteiger charge is -2.19. The second-order valence-corrected chi connectivity index (χ2v) is 7.92. The third kappa shape index (κ3) is 5.21. The molecule has 0 saturated carbocycles. The van der Waals surface area contributed by atoms with Gasteiger partial charge in [-0.15, -0.1) is 0 Å². The van der Waals surface area contributed by atoms with Gasteiger partial charge in [-0.1, -0.05) is 30.3 Å². The maximum atomic E-state index is 12.1. The first kappa shape index (κ1) is 22.9. The highest BCUT2D eigenvalue weighted by atomic mass is 16.4. The van der Waals surface area contributed by atoms with Crippen molar-refractivity contribution >= 4 is 23.4 Å². The molecule has 0 spiro atoms. The Morgan fingerprint density at radius 1 is 1.06 bits per heavy atom. The van der Waals surface area contributed by atoms with Crippen LogP contribution in [0.3, 0.4) is 0 Å². The first-order chi connectivity index (χ1) is 16.4. The van der Waals surface area contributed by atoms with E-state index in [0.717, 1.165) is 11.3 Å². The highest BCUT2D eigenvalue weighted by Gasteiger charge is 2.18. The van der Waals surface area contributed by atoms with E-state index >= 15 is 0 Å². The maximum absolute atomic E-state index is 12.1. The van der Waals surface area contributed by atoms with E-state index in [4.69, 9.17) is 4.42 Å². The predicted molar refractivity (Wildman–Crippen MR) is 130 cm³/mol. The minimum atomic E-state index is -0.393. The lowest BCUT2D eigenvalue weighted by atomic mass is 10.1. The van der Waals surface area contributed by atoms with Gasteiger partial charge in [0.05, 0.1) is 24.4 Å². The number of hydrogen-bond donors (Lipinski definition) is 3. The zero-order chi connectivity index (χ0) is 24.1. The maximum Gasteiger partial charge on any atom is 0.253 e. The van der Waals surface area contributed by atoms with Crippen molar-refractivity contribution in [2.45, 2.75) is 13.0 Å². The van der Waals surface area contributed by atoms with Crippen LogP contribution in [0.25, 0.3) is 11.5 Å². The summed E-state index contributed by atoms with van der Waals surface area (Å²) in [7, 11) is 3.42. The molecule has 9 heteroatoms. The molecule has 3 N–H and O–H groups in total. The van der Waals surface area contributed by atoms with Crippen LogP contribution in [-0.2, 0) is 0 Å². The molecule has 174 valence electrons. The summed E-state index contributed by atoms with van der Waals surface area (Å²) in [6, 6.07) is 16.3. The van der Waals surface area contributed by atoms with Gasteiger partial charge in [0.2, 0.25) is 11.8 Å². The van der Waals surface area contributed by atoms with E-state index in [2.05, 4.69) is 25.6 Å². The first-order valence-corrected chi connectivity index (χ1v) is 10.8. The number of rotatable bonds is 8. The first-order valence-electron chi connectivity index (χ1n) is 10.8. The molecule has 0 aliphatic carbocycles. The van der Waals surface area contributed by atoms with Gasteiger partial charge in [0, 0.05) is 31.5 Å². The smallest absolute Gasteiger partial charge is 0.253 e. The van der Waals surface area contributed by atoms with Gasteiger partial charge >= 0.3 is 0 Å². The van der Waals surface area contributed by atoms with Gasteiger partial charge in [-0.25, -0.2) is 9.97 Å². The van der Waals surface area contributed by atoms with E-state index in [-0.39, 0.29) is 12.5 Å². The van der Waals surface area contributed by atoms with Crippen molar-refractivity contribution < 1.29 is 14.3 Å². The van der Waals surface area contributed by atoms with Crippen LogP contribution in [0.5, 0.6) is 0 Å². The number of benzene rings is 2. The molecule has 0 aliphatic heterocycles. The van der Waals surface area contributed by atoms with Crippen LogP contribution in [0, 0.1) is 6.92 Å². The SMILES string of the molecule is Cc1cnc(-c2cnc(Nc3ccc(C(=O)N(C)C)cc3)nc2N[C@H](CO)c2ccccc2)o1. The van der Waals surface area contributed by atoms with Crippen molar-refractivity contribution in [2.24, 2.45) is 0 Å². The number of nitrogens with zero attached hydrogens (tertiary/aromatic N) is 4. The Kier molecular flexibility index (Phi) is 6.84. The third-order valence-corrected chi connectivity index (χ3v) is 5.13. The van der Waals surface area contributed by atoms with Crippen molar-refractivity contribution in [1.29, 1.82) is 0 Å². The third-order valence-electron chi connectivity index (χ3n) is 5.13. The van der Waals surface area contributed by atoms with Crippen LogP contribution in [0.1, 0.15) is 27.7 Å². The molecule has 0 fully saturated rings. The molecular formula is C25H26N6O3. The number of carbonyl (C=O) groups is 1. The van der Waals surface area contributed by atoms with E-state index in [1.807, 2.05) is 37.3 Å². The summed E-state index contributed by atoms with van der Waals surface area (Å²) < 4.78 is 5.69. The number of anilines is 3. The van der Waals surface area contributed by atoms with Crippen LogP contribution >= 0.6 is 0 Å². The molecule has 4 aromatic rings. The quantitative estimate of drug-likeness (QED) is 0.362. The van der Waals surface area contributed by atoms with Crippen molar-refractivity contribution in [3.05, 3.63) is 83.9 Å². The summed E-state index contributed by atoms with van der Waals surface area (Å²) in [5, 5.41) is 16.5. The Morgan fingerprint density at radius 2 is 1.79 bits per heavy atom. The van der Waals surface area contributed by atoms with Gasteiger partial charge in [-0.05, 0) is 36.8 Å². The Hall–Kier alpha value is -4.24. The fraction of sp³-hybridized carbons (Fsp3) is 0.200. The molecule has 0 bridgehead atoms. The number of oxazole rings is 1. The summed E-state index contributed by atoms with van der Waals surface area (Å²) in [6.07, 6.45) is 3.24. The van der Waals surface area contributed by atoms with Crippen molar-refractivity contribution in [3.8, 4) is 11.5 Å². The topological polar surface area (TPSA) is 116 Å². The van der Waals surface area contributed by atoms with Gasteiger partial charge in [0.15, 0.2) is 0 Å². The zero-order valence-corrected chi connectivity index (χ0v) is 19.2. The van der Waals surface area contributed by atoms with Crippen LogP contribution < -0.4 is 10.6 Å². The van der Waals surface area contributed by atoms with Crippen molar-refractivity contribution in [2.75, 3.05) is 31.3 Å². The van der Waals surface area contributed by atoms with Gasteiger partial charge in [0.25, 0.3) is 5.91 Å². The van der Waals surface area contributed by atoms with Gasteiger partial charge < -0.3 is 25.1 Å². The fourth-order valence-electron chi connectivity index (χ4n) is 3.36. The molecule has 1 atom stereocenters. The highest BCUT2D eigenvalue weighted by Crippen LogP contribution is 2.30. The summed E-state index contributed by atoms with van der Waals surface area (Å²) >= 11 is 0. The molecule has 4 rings (SSSR count). The molecule has 0 unspecified atom stereocenters. The Bertz CT molecular complexity index is 1260. The summed E-state index contributed by atoms with van der Waals surface area (Å²) in [4.78, 5) is 27.0. The van der Waals surface area contributed by atoms with Gasteiger partial charge in [-0.2, -0.15) is 4.98 Å². The van der Waals surface area contributed by atoms with Crippen molar-refractivity contribution in [1.82, 2.24) is 19.9 Å². The number of aryl methyl sites for hydroxylation is 1. The molecule has 2 aromatic heterocycles. The molecule has 34 heavy (non-hydrogen) atoms. The average Bonchev–Trinajstić information content (AvgIpc) is 3.29. The largest absolute Gasteiger partial charge is 0.441 e. The summed E-state index contributed by atoms with van der Waals surface area (Å²) in [5.41, 5.74) is 2.79.